The molecule has 3 heteroatoms. The molecule has 2 rings (SSSR count). The third kappa shape index (κ3) is 1.17. The van der Waals surface area contributed by atoms with E-state index < -0.39 is 5.85 Å². The van der Waals surface area contributed by atoms with E-state index in [1.807, 2.05) is 0 Å². The predicted octanol–water partition coefficient (Wildman–Crippen LogP) is 2.18. The van der Waals surface area contributed by atoms with Gasteiger partial charge in [0, 0.05) is 5.56 Å². The van der Waals surface area contributed by atoms with Gasteiger partial charge in [0.25, 0.3) is 5.85 Å². The van der Waals surface area contributed by atoms with Crippen molar-refractivity contribution in [3.8, 4) is 0 Å². The van der Waals surface area contributed by atoms with E-state index in [0.29, 0.717) is 11.1 Å². The zero-order valence-corrected chi connectivity index (χ0v) is 7.50. The standard InChI is InChI=1S/C11H9FO2/c1-2-8-3-4-10-9(5-8)6-14-11(10,12)7-13/h2-5,7H,1,6H2. The molecule has 0 radical (unpaired) electrons. The highest BCUT2D eigenvalue weighted by Gasteiger charge is 2.40. The van der Waals surface area contributed by atoms with Crippen molar-refractivity contribution in [3.05, 3.63) is 41.5 Å². The maximum absolute atomic E-state index is 13.7. The Morgan fingerprint density at radius 2 is 2.36 bits per heavy atom. The molecule has 0 aromatic heterocycles. The maximum Gasteiger partial charge on any atom is 0.292 e. The molecule has 0 spiro atoms. The lowest BCUT2D eigenvalue weighted by molar-refractivity contribution is -0.160. The van der Waals surface area contributed by atoms with Gasteiger partial charge in [-0.05, 0) is 17.2 Å². The lowest BCUT2D eigenvalue weighted by Crippen LogP contribution is -2.20. The molecule has 1 unspecified atom stereocenters. The van der Waals surface area contributed by atoms with Crippen molar-refractivity contribution in [2.45, 2.75) is 12.5 Å². The number of hydrogen-bond acceptors (Lipinski definition) is 2. The van der Waals surface area contributed by atoms with Crippen LogP contribution in [0.2, 0.25) is 0 Å². The highest BCUT2D eigenvalue weighted by atomic mass is 19.2. The van der Waals surface area contributed by atoms with Crippen LogP contribution in [-0.4, -0.2) is 6.29 Å². The van der Waals surface area contributed by atoms with Crippen LogP contribution < -0.4 is 0 Å². The van der Waals surface area contributed by atoms with E-state index in [-0.39, 0.29) is 12.9 Å². The van der Waals surface area contributed by atoms with Crippen molar-refractivity contribution in [2.75, 3.05) is 0 Å². The Hall–Kier alpha value is -1.48. The maximum atomic E-state index is 13.7. The van der Waals surface area contributed by atoms with Crippen molar-refractivity contribution in [3.63, 3.8) is 0 Å². The first-order valence-electron chi connectivity index (χ1n) is 4.24. The molecule has 0 N–H and O–H groups in total. The molecular formula is C11H9FO2. The Balaban J connectivity index is 2.53. The van der Waals surface area contributed by atoms with Gasteiger partial charge < -0.3 is 4.74 Å². The van der Waals surface area contributed by atoms with Crippen molar-refractivity contribution >= 4 is 12.4 Å². The minimum Gasteiger partial charge on any atom is -0.332 e. The molecule has 0 bridgehead atoms. The van der Waals surface area contributed by atoms with Gasteiger partial charge in [-0.3, -0.25) is 4.79 Å². The average Bonchev–Trinajstić information content (AvgIpc) is 2.57. The monoisotopic (exact) mass is 192 g/mol. The van der Waals surface area contributed by atoms with E-state index in [9.17, 15) is 9.18 Å². The minimum atomic E-state index is -2.25. The molecule has 72 valence electrons. The molecule has 14 heavy (non-hydrogen) atoms. The Labute approximate surface area is 81.0 Å². The van der Waals surface area contributed by atoms with E-state index >= 15 is 0 Å². The van der Waals surface area contributed by atoms with Crippen molar-refractivity contribution in [2.24, 2.45) is 0 Å². The fraction of sp³-hybridized carbons (Fsp3) is 0.182. The molecule has 0 saturated carbocycles. The van der Waals surface area contributed by atoms with E-state index in [0.717, 1.165) is 5.56 Å². The van der Waals surface area contributed by atoms with Gasteiger partial charge >= 0.3 is 0 Å². The van der Waals surface area contributed by atoms with Gasteiger partial charge in [0.1, 0.15) is 0 Å². The lowest BCUT2D eigenvalue weighted by Gasteiger charge is -2.11. The van der Waals surface area contributed by atoms with Crippen LogP contribution in [0.15, 0.2) is 24.8 Å². The summed E-state index contributed by atoms with van der Waals surface area (Å²) in [4.78, 5) is 10.5. The van der Waals surface area contributed by atoms with Gasteiger partial charge in [-0.2, -0.15) is 4.39 Å². The lowest BCUT2D eigenvalue weighted by atomic mass is 10.0. The van der Waals surface area contributed by atoms with Gasteiger partial charge in [0.15, 0.2) is 6.29 Å². The Bertz CT molecular complexity index is 400. The second-order valence-corrected chi connectivity index (χ2v) is 3.17. The van der Waals surface area contributed by atoms with Crippen LogP contribution >= 0.6 is 0 Å². The number of alkyl halides is 1. The predicted molar refractivity (Wildman–Crippen MR) is 50.2 cm³/mol. The molecule has 0 saturated heterocycles. The third-order valence-corrected chi connectivity index (χ3v) is 2.32. The van der Waals surface area contributed by atoms with Crippen molar-refractivity contribution in [1.29, 1.82) is 0 Å². The number of carbonyl (C=O) groups is 1. The fourth-order valence-electron chi connectivity index (χ4n) is 1.55. The van der Waals surface area contributed by atoms with E-state index in [2.05, 4.69) is 6.58 Å². The largest absolute Gasteiger partial charge is 0.332 e. The number of rotatable bonds is 2. The number of hydrogen-bond donors (Lipinski definition) is 0. The first-order valence-corrected chi connectivity index (χ1v) is 4.24. The fourth-order valence-corrected chi connectivity index (χ4v) is 1.55. The number of fused-ring (bicyclic) bond motifs is 1. The van der Waals surface area contributed by atoms with Crippen LogP contribution in [-0.2, 0) is 22.0 Å². The SMILES string of the molecule is C=Cc1ccc2c(c1)COC2(F)C=O. The van der Waals surface area contributed by atoms with Crippen LogP contribution in [0.4, 0.5) is 4.39 Å². The molecule has 1 aliphatic rings. The minimum absolute atomic E-state index is 0.131. The summed E-state index contributed by atoms with van der Waals surface area (Å²) in [6.45, 7) is 3.74. The zero-order chi connectivity index (χ0) is 10.2. The van der Waals surface area contributed by atoms with E-state index in [1.165, 1.54) is 0 Å². The second kappa shape index (κ2) is 3.03. The van der Waals surface area contributed by atoms with Crippen LogP contribution in [0.1, 0.15) is 16.7 Å². The van der Waals surface area contributed by atoms with Crippen molar-refractivity contribution < 1.29 is 13.9 Å². The van der Waals surface area contributed by atoms with Gasteiger partial charge in [-0.15, -0.1) is 0 Å². The normalized spacial score (nSPS) is 24.4. The number of carbonyl (C=O) groups excluding carboxylic acids is 1. The summed E-state index contributed by atoms with van der Waals surface area (Å²) in [7, 11) is 0. The third-order valence-electron chi connectivity index (χ3n) is 2.32. The van der Waals surface area contributed by atoms with Crippen LogP contribution in [0.3, 0.4) is 0 Å². The summed E-state index contributed by atoms with van der Waals surface area (Å²) in [5.74, 6) is -2.25. The molecule has 1 aromatic carbocycles. The summed E-state index contributed by atoms with van der Waals surface area (Å²) < 4.78 is 18.4. The number of ether oxygens (including phenoxy) is 1. The number of halogens is 1. The molecular weight excluding hydrogens is 183 g/mol. The van der Waals surface area contributed by atoms with E-state index in [4.69, 9.17) is 4.74 Å². The smallest absolute Gasteiger partial charge is 0.292 e. The first-order chi connectivity index (χ1) is 6.69. The molecule has 0 amide bonds. The Morgan fingerprint density at radius 3 is 3.00 bits per heavy atom. The van der Waals surface area contributed by atoms with Crippen molar-refractivity contribution in [1.82, 2.24) is 0 Å². The van der Waals surface area contributed by atoms with Crippen LogP contribution in [0, 0.1) is 0 Å². The molecule has 1 aliphatic heterocycles. The zero-order valence-electron chi connectivity index (χ0n) is 7.50. The molecule has 1 aromatic rings. The summed E-state index contributed by atoms with van der Waals surface area (Å²) in [5, 5.41) is 0. The molecule has 0 aliphatic carbocycles. The highest BCUT2D eigenvalue weighted by Crippen LogP contribution is 2.36. The molecule has 2 nitrogen and oxygen atoms in total. The van der Waals surface area contributed by atoms with E-state index in [1.54, 1.807) is 24.3 Å². The summed E-state index contributed by atoms with van der Waals surface area (Å²) >= 11 is 0. The number of benzene rings is 1. The second-order valence-electron chi connectivity index (χ2n) is 3.17. The summed E-state index contributed by atoms with van der Waals surface area (Å²) in [6.07, 6.45) is 1.85. The van der Waals surface area contributed by atoms with Gasteiger partial charge in [0.05, 0.1) is 6.61 Å². The van der Waals surface area contributed by atoms with Crippen LogP contribution in [0.5, 0.6) is 0 Å². The van der Waals surface area contributed by atoms with Crippen LogP contribution in [0.25, 0.3) is 6.08 Å². The topological polar surface area (TPSA) is 26.3 Å². The average molecular weight is 192 g/mol. The summed E-state index contributed by atoms with van der Waals surface area (Å²) in [5.41, 5.74) is 1.90. The Morgan fingerprint density at radius 1 is 1.57 bits per heavy atom. The first kappa shape index (κ1) is 9.09. The van der Waals surface area contributed by atoms with Gasteiger partial charge in [0.2, 0.25) is 0 Å². The molecule has 1 atom stereocenters. The molecule has 1 heterocycles. The summed E-state index contributed by atoms with van der Waals surface area (Å²) in [6, 6.07) is 5.04. The van der Waals surface area contributed by atoms with Gasteiger partial charge in [-0.25, -0.2) is 0 Å². The number of aldehydes is 1. The highest BCUT2D eigenvalue weighted by molar-refractivity contribution is 5.67. The quantitative estimate of drug-likeness (QED) is 0.671. The molecule has 0 fully saturated rings. The Kier molecular flexibility index (Phi) is 1.97. The van der Waals surface area contributed by atoms with Gasteiger partial charge in [-0.1, -0.05) is 24.8 Å².